The molecular formula is C59H39NOSi. The molecule has 10 aromatic carbocycles. The van der Waals surface area contributed by atoms with Gasteiger partial charge in [0.15, 0.2) is 8.07 Å². The Bertz CT molecular complexity index is 3310. The number of hydrogen-bond acceptors (Lipinski definition) is 2. The zero-order valence-electron chi connectivity index (χ0n) is 33.9. The molecule has 0 radical (unpaired) electrons. The molecule has 3 aliphatic rings. The minimum Gasteiger partial charge on any atom is -0.458 e. The van der Waals surface area contributed by atoms with Gasteiger partial charge in [-0.05, 0) is 113 Å². The highest BCUT2D eigenvalue weighted by molar-refractivity contribution is 7.23. The molecule has 0 aromatic heterocycles. The number of nitrogens with zero attached hydrogens (tertiary/aromatic N) is 1. The van der Waals surface area contributed by atoms with Crippen LogP contribution >= 0.6 is 0 Å². The maximum absolute atomic E-state index is 6.72. The predicted octanol–water partition coefficient (Wildman–Crippen LogP) is 12.1. The zero-order valence-corrected chi connectivity index (χ0v) is 34.9. The van der Waals surface area contributed by atoms with Crippen LogP contribution in [0.15, 0.2) is 237 Å². The standard InChI is InChI=1S/C59H39NOSi/c1-2-19-41(20-3-1)59(50-25-9-6-22-46(50)47-23-7-10-26-51(47)59)42-33-35-43(36-34-42)60(52-27-16-18-40-17-4-5-21-45(40)52)44-37-38-49-48-24-8-13-30-55(48)62(58(49)39-44)56-31-14-11-28-53(56)61-54-29-12-15-32-57(54)62/h1-39H. The van der Waals surface area contributed by atoms with E-state index in [1.54, 1.807) is 0 Å². The maximum atomic E-state index is 6.72. The zero-order chi connectivity index (χ0) is 40.8. The minimum atomic E-state index is -2.83. The van der Waals surface area contributed by atoms with Crippen LogP contribution in [0.25, 0.3) is 33.0 Å². The van der Waals surface area contributed by atoms with Gasteiger partial charge >= 0.3 is 0 Å². The summed E-state index contributed by atoms with van der Waals surface area (Å²) in [5.74, 6) is 1.91. The van der Waals surface area contributed by atoms with Gasteiger partial charge in [-0.2, -0.15) is 0 Å². The Morgan fingerprint density at radius 3 is 1.58 bits per heavy atom. The van der Waals surface area contributed by atoms with Crippen molar-refractivity contribution in [1.82, 2.24) is 0 Å². The van der Waals surface area contributed by atoms with E-state index in [0.717, 1.165) is 28.6 Å². The first-order chi connectivity index (χ1) is 30.8. The molecule has 1 aliphatic carbocycles. The van der Waals surface area contributed by atoms with Crippen LogP contribution < -0.4 is 30.4 Å². The second kappa shape index (κ2) is 13.4. The van der Waals surface area contributed by atoms with Crippen molar-refractivity contribution in [2.75, 3.05) is 4.90 Å². The molecule has 62 heavy (non-hydrogen) atoms. The van der Waals surface area contributed by atoms with Gasteiger partial charge in [-0.1, -0.05) is 194 Å². The van der Waals surface area contributed by atoms with Crippen molar-refractivity contribution in [1.29, 1.82) is 0 Å². The van der Waals surface area contributed by atoms with Crippen LogP contribution in [0.3, 0.4) is 0 Å². The van der Waals surface area contributed by atoms with Crippen LogP contribution in [0.4, 0.5) is 17.1 Å². The Morgan fingerprint density at radius 2 is 0.871 bits per heavy atom. The van der Waals surface area contributed by atoms with E-state index >= 15 is 0 Å². The SMILES string of the molecule is c1ccc(C2(c3ccc(N(c4ccc5c(c4)[Si]4(c6ccccc6Oc6ccccc64)c4ccccc4-5)c4cccc5ccccc45)cc3)c3ccccc3-c3ccccc32)cc1. The second-order valence-corrected chi connectivity index (χ2v) is 20.4. The number of rotatable bonds is 5. The molecule has 290 valence electrons. The molecule has 3 heteroatoms. The van der Waals surface area contributed by atoms with Gasteiger partial charge in [-0.25, -0.2) is 0 Å². The fourth-order valence-electron chi connectivity index (χ4n) is 11.4. The number of fused-ring (bicyclic) bond motifs is 13. The molecule has 2 heterocycles. The monoisotopic (exact) mass is 805 g/mol. The summed E-state index contributed by atoms with van der Waals surface area (Å²) in [6.45, 7) is 0. The molecule has 0 bridgehead atoms. The van der Waals surface area contributed by atoms with Crippen molar-refractivity contribution < 1.29 is 4.74 Å². The third-order valence-electron chi connectivity index (χ3n) is 13.8. The number of benzene rings is 10. The second-order valence-electron chi connectivity index (χ2n) is 16.7. The first-order valence-corrected chi connectivity index (χ1v) is 23.5. The molecule has 1 spiro atoms. The fourth-order valence-corrected chi connectivity index (χ4v) is 16.8. The lowest BCUT2D eigenvalue weighted by Gasteiger charge is -2.38. The van der Waals surface area contributed by atoms with E-state index in [4.69, 9.17) is 4.74 Å². The topological polar surface area (TPSA) is 12.5 Å². The lowest BCUT2D eigenvalue weighted by molar-refractivity contribution is 0.487. The van der Waals surface area contributed by atoms with Crippen LogP contribution in [-0.4, -0.2) is 8.07 Å². The van der Waals surface area contributed by atoms with Crippen molar-refractivity contribution in [3.63, 3.8) is 0 Å². The van der Waals surface area contributed by atoms with E-state index in [9.17, 15) is 0 Å². The number of ether oxygens (including phenoxy) is 1. The van der Waals surface area contributed by atoms with Crippen molar-refractivity contribution in [3.05, 3.63) is 259 Å². The summed E-state index contributed by atoms with van der Waals surface area (Å²) < 4.78 is 6.72. The van der Waals surface area contributed by atoms with Crippen LogP contribution in [-0.2, 0) is 5.41 Å². The van der Waals surface area contributed by atoms with E-state index in [-0.39, 0.29) is 0 Å². The van der Waals surface area contributed by atoms with Gasteiger partial charge < -0.3 is 9.64 Å². The first-order valence-electron chi connectivity index (χ1n) is 21.5. The Kier molecular flexibility index (Phi) is 7.57. The highest BCUT2D eigenvalue weighted by Crippen LogP contribution is 2.56. The van der Waals surface area contributed by atoms with Gasteiger partial charge in [0.05, 0.1) is 11.1 Å². The Balaban J connectivity index is 1.06. The highest BCUT2D eigenvalue weighted by atomic mass is 28.3. The molecule has 0 atom stereocenters. The number of anilines is 3. The molecule has 2 nitrogen and oxygen atoms in total. The smallest absolute Gasteiger partial charge is 0.189 e. The highest BCUT2D eigenvalue weighted by Gasteiger charge is 2.53. The molecule has 0 saturated heterocycles. The van der Waals surface area contributed by atoms with Crippen LogP contribution in [0.1, 0.15) is 22.3 Å². The van der Waals surface area contributed by atoms with E-state index < -0.39 is 13.5 Å². The van der Waals surface area contributed by atoms with Crippen molar-refractivity contribution >= 4 is 56.7 Å². The molecule has 0 N–H and O–H groups in total. The molecule has 2 aliphatic heterocycles. The van der Waals surface area contributed by atoms with E-state index in [0.29, 0.717) is 0 Å². The molecule has 0 amide bonds. The lowest BCUT2D eigenvalue weighted by Crippen LogP contribution is -2.74. The average Bonchev–Trinajstić information content (AvgIpc) is 3.81. The summed E-state index contributed by atoms with van der Waals surface area (Å²) >= 11 is 0. The van der Waals surface area contributed by atoms with Crippen LogP contribution in [0.2, 0.25) is 0 Å². The fraction of sp³-hybridized carbons (Fsp3) is 0.0169. The predicted molar refractivity (Wildman–Crippen MR) is 259 cm³/mol. The Hall–Kier alpha value is -7.72. The molecule has 10 aromatic rings. The normalized spacial score (nSPS) is 14.2. The van der Waals surface area contributed by atoms with Gasteiger partial charge in [0.25, 0.3) is 0 Å². The van der Waals surface area contributed by atoms with Gasteiger partial charge in [0, 0.05) is 16.8 Å². The average molecular weight is 806 g/mol. The molecule has 0 saturated carbocycles. The molecular weight excluding hydrogens is 767 g/mol. The van der Waals surface area contributed by atoms with Gasteiger partial charge in [-0.3, -0.25) is 0 Å². The molecule has 0 unspecified atom stereocenters. The third-order valence-corrected chi connectivity index (χ3v) is 18.7. The molecule has 13 rings (SSSR count). The van der Waals surface area contributed by atoms with Crippen molar-refractivity contribution in [2.45, 2.75) is 5.41 Å². The quantitative estimate of drug-likeness (QED) is 0.161. The van der Waals surface area contributed by atoms with E-state index in [1.807, 2.05) is 0 Å². The Labute approximate surface area is 362 Å². The molecule has 0 fully saturated rings. The summed E-state index contributed by atoms with van der Waals surface area (Å²) in [4.78, 5) is 2.49. The maximum Gasteiger partial charge on any atom is 0.189 e. The largest absolute Gasteiger partial charge is 0.458 e. The van der Waals surface area contributed by atoms with E-state index in [2.05, 4.69) is 241 Å². The first kappa shape index (κ1) is 35.1. The summed E-state index contributed by atoms with van der Waals surface area (Å²) in [5, 5.41) is 7.82. The van der Waals surface area contributed by atoms with Crippen LogP contribution in [0, 0.1) is 0 Å². The van der Waals surface area contributed by atoms with Gasteiger partial charge in [0.1, 0.15) is 11.5 Å². The number of para-hydroxylation sites is 2. The number of hydrogen-bond donors (Lipinski definition) is 0. The van der Waals surface area contributed by atoms with Gasteiger partial charge in [0.2, 0.25) is 0 Å². The van der Waals surface area contributed by atoms with Crippen LogP contribution in [0.5, 0.6) is 11.5 Å². The third kappa shape index (κ3) is 4.69. The lowest BCUT2D eigenvalue weighted by atomic mass is 9.68. The van der Waals surface area contributed by atoms with E-state index in [1.165, 1.54) is 76.0 Å². The summed E-state index contributed by atoms with van der Waals surface area (Å²) in [5.41, 5.74) is 13.3. The summed E-state index contributed by atoms with van der Waals surface area (Å²) in [6.07, 6.45) is 0. The van der Waals surface area contributed by atoms with Crippen molar-refractivity contribution in [3.8, 4) is 33.8 Å². The Morgan fingerprint density at radius 1 is 0.355 bits per heavy atom. The minimum absolute atomic E-state index is 0.474. The van der Waals surface area contributed by atoms with Crippen molar-refractivity contribution in [2.24, 2.45) is 0 Å². The van der Waals surface area contributed by atoms with Gasteiger partial charge in [-0.15, -0.1) is 0 Å². The summed E-state index contributed by atoms with van der Waals surface area (Å²) in [7, 11) is -2.83. The summed E-state index contributed by atoms with van der Waals surface area (Å²) in [6, 6.07) is 87.8.